The van der Waals surface area contributed by atoms with Crippen LogP contribution in [-0.2, 0) is 4.79 Å². The highest BCUT2D eigenvalue weighted by Crippen LogP contribution is 2.32. The summed E-state index contributed by atoms with van der Waals surface area (Å²) in [6.07, 6.45) is 3.05. The van der Waals surface area contributed by atoms with Crippen molar-refractivity contribution in [2.45, 2.75) is 39.0 Å². The quantitative estimate of drug-likeness (QED) is 0.534. The predicted molar refractivity (Wildman–Crippen MR) is 54.6 cm³/mol. The number of aliphatic hydroxyl groups excluding tert-OH is 2. The number of aliphatic hydroxyl groups is 2. The molecule has 84 valence electrons. The highest BCUT2D eigenvalue weighted by molar-refractivity contribution is 5.80. The van der Waals surface area contributed by atoms with Crippen molar-refractivity contribution < 1.29 is 15.0 Å². The molecule has 0 unspecified atom stereocenters. The van der Waals surface area contributed by atoms with Crippen LogP contribution in [0.2, 0.25) is 0 Å². The molecule has 0 aromatic carbocycles. The molecular formula is C10H21NO3. The van der Waals surface area contributed by atoms with Crippen LogP contribution in [0, 0.1) is 5.41 Å². The van der Waals surface area contributed by atoms with Gasteiger partial charge in [-0.05, 0) is 32.1 Å². The van der Waals surface area contributed by atoms with Crippen LogP contribution in [0.15, 0.2) is 0 Å². The lowest BCUT2D eigenvalue weighted by Gasteiger charge is -2.29. The fourth-order valence-corrected chi connectivity index (χ4v) is 1.73. The number of rotatable bonds is 8. The summed E-state index contributed by atoms with van der Waals surface area (Å²) in [4.78, 5) is 11.3. The van der Waals surface area contributed by atoms with E-state index in [9.17, 15) is 4.79 Å². The first kappa shape index (κ1) is 13.4. The van der Waals surface area contributed by atoms with Crippen LogP contribution in [-0.4, -0.2) is 29.3 Å². The van der Waals surface area contributed by atoms with Crippen LogP contribution in [0.3, 0.4) is 0 Å². The molecule has 0 bridgehead atoms. The Hall–Kier alpha value is -0.610. The summed E-state index contributed by atoms with van der Waals surface area (Å²) >= 11 is 0. The Labute approximate surface area is 85.1 Å². The summed E-state index contributed by atoms with van der Waals surface area (Å²) in [6, 6.07) is 0. The number of nitrogens with two attached hydrogens (primary N) is 1. The first-order valence-electron chi connectivity index (χ1n) is 5.14. The van der Waals surface area contributed by atoms with Crippen LogP contribution in [0.25, 0.3) is 0 Å². The van der Waals surface area contributed by atoms with Crippen molar-refractivity contribution in [3.63, 3.8) is 0 Å². The normalized spacial score (nSPS) is 11.6. The fraction of sp³-hybridized carbons (Fsp3) is 0.900. The number of amides is 1. The first-order valence-corrected chi connectivity index (χ1v) is 5.14. The molecule has 4 nitrogen and oxygen atoms in total. The molecule has 0 aromatic heterocycles. The molecule has 0 aliphatic carbocycles. The minimum atomic E-state index is -0.536. The van der Waals surface area contributed by atoms with Crippen LogP contribution >= 0.6 is 0 Å². The lowest BCUT2D eigenvalue weighted by atomic mass is 9.76. The van der Waals surface area contributed by atoms with Gasteiger partial charge in [-0.1, -0.05) is 6.92 Å². The van der Waals surface area contributed by atoms with Gasteiger partial charge in [0.15, 0.2) is 0 Å². The van der Waals surface area contributed by atoms with E-state index in [1.54, 1.807) is 0 Å². The van der Waals surface area contributed by atoms with Crippen molar-refractivity contribution in [1.82, 2.24) is 0 Å². The molecule has 0 rings (SSSR count). The molecule has 0 spiro atoms. The van der Waals surface area contributed by atoms with Crippen LogP contribution in [0.1, 0.15) is 39.0 Å². The summed E-state index contributed by atoms with van der Waals surface area (Å²) in [5, 5.41) is 17.5. The SMILES string of the molecule is CCC(CCCO)(CCCO)C(N)=O. The molecule has 4 N–H and O–H groups in total. The van der Waals surface area contributed by atoms with Crippen LogP contribution < -0.4 is 5.73 Å². The molecule has 1 amide bonds. The number of carbonyl (C=O) groups excluding carboxylic acids is 1. The van der Waals surface area contributed by atoms with Gasteiger partial charge in [-0.15, -0.1) is 0 Å². The van der Waals surface area contributed by atoms with E-state index in [4.69, 9.17) is 15.9 Å². The molecule has 0 aliphatic rings. The maximum atomic E-state index is 11.3. The van der Waals surface area contributed by atoms with Gasteiger partial charge < -0.3 is 15.9 Å². The van der Waals surface area contributed by atoms with E-state index in [1.807, 2.05) is 6.92 Å². The zero-order valence-electron chi connectivity index (χ0n) is 8.83. The molecule has 0 aliphatic heterocycles. The molecule has 0 saturated carbocycles. The Kier molecular flexibility index (Phi) is 6.49. The predicted octanol–water partition coefficient (Wildman–Crippen LogP) is 0.413. The second-order valence-corrected chi connectivity index (χ2v) is 3.65. The molecule has 0 atom stereocenters. The third kappa shape index (κ3) is 3.64. The van der Waals surface area contributed by atoms with E-state index in [0.29, 0.717) is 32.1 Å². The van der Waals surface area contributed by atoms with E-state index in [0.717, 1.165) is 0 Å². The van der Waals surface area contributed by atoms with Crippen molar-refractivity contribution >= 4 is 5.91 Å². The van der Waals surface area contributed by atoms with Gasteiger partial charge in [0.25, 0.3) is 0 Å². The van der Waals surface area contributed by atoms with E-state index >= 15 is 0 Å². The smallest absolute Gasteiger partial charge is 0.223 e. The van der Waals surface area contributed by atoms with E-state index in [-0.39, 0.29) is 19.1 Å². The van der Waals surface area contributed by atoms with Gasteiger partial charge in [0.1, 0.15) is 0 Å². The zero-order chi connectivity index (χ0) is 11.0. The lowest BCUT2D eigenvalue weighted by Crippen LogP contribution is -2.37. The summed E-state index contributed by atoms with van der Waals surface area (Å²) in [6.45, 7) is 2.07. The molecule has 0 fully saturated rings. The topological polar surface area (TPSA) is 83.6 Å². The Bertz CT molecular complexity index is 163. The van der Waals surface area contributed by atoms with E-state index in [2.05, 4.69) is 0 Å². The van der Waals surface area contributed by atoms with Crippen molar-refractivity contribution in [3.8, 4) is 0 Å². The monoisotopic (exact) mass is 203 g/mol. The Morgan fingerprint density at radius 1 is 1.21 bits per heavy atom. The van der Waals surface area contributed by atoms with Gasteiger partial charge in [0.2, 0.25) is 5.91 Å². The Morgan fingerprint density at radius 2 is 1.64 bits per heavy atom. The average Bonchev–Trinajstić information content (AvgIpc) is 2.18. The minimum absolute atomic E-state index is 0.0775. The summed E-state index contributed by atoms with van der Waals surface area (Å²) in [5.41, 5.74) is 4.83. The molecule has 0 saturated heterocycles. The average molecular weight is 203 g/mol. The van der Waals surface area contributed by atoms with Crippen molar-refractivity contribution in [2.75, 3.05) is 13.2 Å². The molecular weight excluding hydrogens is 182 g/mol. The van der Waals surface area contributed by atoms with Crippen molar-refractivity contribution in [2.24, 2.45) is 11.1 Å². The maximum absolute atomic E-state index is 11.3. The number of hydrogen-bond acceptors (Lipinski definition) is 3. The lowest BCUT2D eigenvalue weighted by molar-refractivity contribution is -0.129. The van der Waals surface area contributed by atoms with Crippen LogP contribution in [0.4, 0.5) is 0 Å². The number of carbonyl (C=O) groups is 1. The Morgan fingerprint density at radius 3 is 1.86 bits per heavy atom. The molecule has 0 heterocycles. The highest BCUT2D eigenvalue weighted by Gasteiger charge is 2.33. The molecule has 14 heavy (non-hydrogen) atoms. The van der Waals surface area contributed by atoms with Gasteiger partial charge in [-0.25, -0.2) is 0 Å². The van der Waals surface area contributed by atoms with E-state index in [1.165, 1.54) is 0 Å². The maximum Gasteiger partial charge on any atom is 0.223 e. The first-order chi connectivity index (χ1) is 6.63. The second kappa shape index (κ2) is 6.79. The van der Waals surface area contributed by atoms with Gasteiger partial charge in [0, 0.05) is 18.6 Å². The molecule has 0 aromatic rings. The third-order valence-corrected chi connectivity index (χ3v) is 2.83. The van der Waals surface area contributed by atoms with Crippen LogP contribution in [0.5, 0.6) is 0 Å². The second-order valence-electron chi connectivity index (χ2n) is 3.65. The fourth-order valence-electron chi connectivity index (χ4n) is 1.73. The van der Waals surface area contributed by atoms with Crippen molar-refractivity contribution in [3.05, 3.63) is 0 Å². The summed E-state index contributed by atoms with van der Waals surface area (Å²) in [7, 11) is 0. The Balaban J connectivity index is 4.35. The van der Waals surface area contributed by atoms with Gasteiger partial charge in [-0.3, -0.25) is 4.79 Å². The summed E-state index contributed by atoms with van der Waals surface area (Å²) in [5.74, 6) is -0.318. The summed E-state index contributed by atoms with van der Waals surface area (Å²) < 4.78 is 0. The third-order valence-electron chi connectivity index (χ3n) is 2.83. The van der Waals surface area contributed by atoms with Crippen molar-refractivity contribution in [1.29, 1.82) is 0 Å². The minimum Gasteiger partial charge on any atom is -0.396 e. The molecule has 0 radical (unpaired) electrons. The standard InChI is InChI=1S/C10H21NO3/c1-2-10(9(11)14,5-3-7-12)6-4-8-13/h12-13H,2-8H2,1H3,(H2,11,14). The highest BCUT2D eigenvalue weighted by atomic mass is 16.3. The largest absolute Gasteiger partial charge is 0.396 e. The molecule has 4 heteroatoms. The van der Waals surface area contributed by atoms with E-state index < -0.39 is 5.41 Å². The van der Waals surface area contributed by atoms with Gasteiger partial charge in [0.05, 0.1) is 0 Å². The number of primary amides is 1. The number of hydrogen-bond donors (Lipinski definition) is 3. The zero-order valence-corrected chi connectivity index (χ0v) is 8.83. The van der Waals surface area contributed by atoms with Gasteiger partial charge in [-0.2, -0.15) is 0 Å². The van der Waals surface area contributed by atoms with Gasteiger partial charge >= 0.3 is 0 Å².